The molecule has 7 nitrogen and oxygen atoms in total. The van der Waals surface area contributed by atoms with Crippen LogP contribution >= 0.6 is 0 Å². The number of nitrogens with one attached hydrogen (secondary N) is 3. The summed E-state index contributed by atoms with van der Waals surface area (Å²) < 4.78 is 26.3. The number of para-hydroxylation sites is 1. The Morgan fingerprint density at radius 3 is 2.58 bits per heavy atom. The molecule has 1 unspecified atom stereocenters. The maximum atomic E-state index is 12.6. The predicted molar refractivity (Wildman–Crippen MR) is 102 cm³/mol. The molecular formula is C18H28N4O3S. The van der Waals surface area contributed by atoms with Gasteiger partial charge in [0.2, 0.25) is 15.9 Å². The second-order valence-corrected chi connectivity index (χ2v) is 9.17. The van der Waals surface area contributed by atoms with Gasteiger partial charge in [0.15, 0.2) is 0 Å². The second kappa shape index (κ2) is 7.94. The molecule has 1 heterocycles. The summed E-state index contributed by atoms with van der Waals surface area (Å²) in [7, 11) is -3.29. The molecule has 5 N–H and O–H groups in total. The van der Waals surface area contributed by atoms with Crippen LogP contribution in [-0.2, 0) is 21.2 Å². The number of carbonyl (C=O) groups excluding carboxylic acids is 1. The van der Waals surface area contributed by atoms with E-state index in [2.05, 4.69) is 21.4 Å². The Bertz CT molecular complexity index is 758. The van der Waals surface area contributed by atoms with Crippen LogP contribution in [0.15, 0.2) is 18.2 Å². The van der Waals surface area contributed by atoms with Crippen LogP contribution in [0.1, 0.15) is 36.8 Å². The maximum absolute atomic E-state index is 12.6. The number of amides is 1. The molecule has 1 aromatic carbocycles. The third kappa shape index (κ3) is 4.55. The number of nitrogens with two attached hydrogens (primary N) is 1. The van der Waals surface area contributed by atoms with Crippen LogP contribution in [0.3, 0.4) is 0 Å². The fourth-order valence-electron chi connectivity index (χ4n) is 3.83. The minimum Gasteiger partial charge on any atom is -0.373 e. The number of fused-ring (bicyclic) bond motifs is 1. The van der Waals surface area contributed by atoms with E-state index in [4.69, 9.17) is 5.73 Å². The largest absolute Gasteiger partial charge is 0.373 e. The lowest BCUT2D eigenvalue weighted by Gasteiger charge is -2.30. The third-order valence-corrected chi connectivity index (χ3v) is 6.69. The van der Waals surface area contributed by atoms with Gasteiger partial charge in [-0.2, -0.15) is 0 Å². The van der Waals surface area contributed by atoms with Crippen LogP contribution < -0.4 is 21.1 Å². The summed E-state index contributed by atoms with van der Waals surface area (Å²) in [6.45, 7) is 2.16. The zero-order valence-electron chi connectivity index (χ0n) is 15.1. The van der Waals surface area contributed by atoms with Crippen LogP contribution in [0, 0.1) is 6.92 Å². The van der Waals surface area contributed by atoms with Crippen LogP contribution in [0.25, 0.3) is 0 Å². The molecule has 1 saturated carbocycles. The number of carbonyl (C=O) groups is 1. The number of hydrogen-bond acceptors (Lipinski definition) is 5. The Balaban J connectivity index is 1.47. The Morgan fingerprint density at radius 1 is 1.23 bits per heavy atom. The molecule has 1 amide bonds. The van der Waals surface area contributed by atoms with E-state index in [0.717, 1.165) is 36.9 Å². The summed E-state index contributed by atoms with van der Waals surface area (Å²) in [5.41, 5.74) is 8.74. The number of hydrogen-bond donors (Lipinski definition) is 4. The molecule has 1 fully saturated rings. The second-order valence-electron chi connectivity index (χ2n) is 7.29. The van der Waals surface area contributed by atoms with Gasteiger partial charge in [0.1, 0.15) is 6.04 Å². The molecule has 8 heteroatoms. The van der Waals surface area contributed by atoms with E-state index < -0.39 is 10.0 Å². The predicted octanol–water partition coefficient (Wildman–Crippen LogP) is 0.637. The molecule has 0 radical (unpaired) electrons. The molecular weight excluding hydrogens is 352 g/mol. The van der Waals surface area contributed by atoms with Gasteiger partial charge in [0.25, 0.3) is 0 Å². The van der Waals surface area contributed by atoms with E-state index in [1.54, 1.807) is 0 Å². The molecule has 0 spiro atoms. The van der Waals surface area contributed by atoms with Crippen LogP contribution in [0.5, 0.6) is 0 Å². The van der Waals surface area contributed by atoms with Crippen molar-refractivity contribution >= 4 is 21.6 Å². The van der Waals surface area contributed by atoms with Gasteiger partial charge in [0.05, 0.1) is 5.75 Å². The van der Waals surface area contributed by atoms with Crippen molar-refractivity contribution in [2.45, 2.75) is 57.2 Å². The SMILES string of the molecule is Cc1cccc2c1NC(C(=O)N[C@H]1CC[C@H](NS(=O)(=O)CCN)CC1)C2. The quantitative estimate of drug-likeness (QED) is 0.578. The summed E-state index contributed by atoms with van der Waals surface area (Å²) >= 11 is 0. The zero-order chi connectivity index (χ0) is 18.7. The molecule has 1 aliphatic carbocycles. The van der Waals surface area contributed by atoms with Gasteiger partial charge in [0, 0.05) is 30.7 Å². The first kappa shape index (κ1) is 19.1. The first-order valence-corrected chi connectivity index (χ1v) is 10.9. The minimum atomic E-state index is -3.29. The van der Waals surface area contributed by atoms with Gasteiger partial charge in [-0.05, 0) is 43.7 Å². The fourth-order valence-corrected chi connectivity index (χ4v) is 5.01. The van der Waals surface area contributed by atoms with E-state index in [0.29, 0.717) is 6.42 Å². The summed E-state index contributed by atoms with van der Waals surface area (Å²) in [4.78, 5) is 12.6. The number of anilines is 1. The van der Waals surface area contributed by atoms with Crippen molar-refractivity contribution < 1.29 is 13.2 Å². The molecule has 144 valence electrons. The van der Waals surface area contributed by atoms with E-state index in [-0.39, 0.29) is 36.3 Å². The number of sulfonamides is 1. The van der Waals surface area contributed by atoms with Crippen molar-refractivity contribution in [2.24, 2.45) is 5.73 Å². The highest BCUT2D eigenvalue weighted by Gasteiger charge is 2.30. The molecule has 2 aliphatic rings. The molecule has 1 atom stereocenters. The maximum Gasteiger partial charge on any atom is 0.243 e. The highest BCUT2D eigenvalue weighted by molar-refractivity contribution is 7.89. The van der Waals surface area contributed by atoms with Gasteiger partial charge in [-0.25, -0.2) is 13.1 Å². The summed E-state index contributed by atoms with van der Waals surface area (Å²) in [5, 5.41) is 6.46. The molecule has 0 saturated heterocycles. The van der Waals surface area contributed by atoms with Crippen molar-refractivity contribution in [3.8, 4) is 0 Å². The normalized spacial score (nSPS) is 25.4. The Morgan fingerprint density at radius 2 is 1.92 bits per heavy atom. The average Bonchev–Trinajstić information content (AvgIpc) is 3.02. The van der Waals surface area contributed by atoms with E-state index in [1.807, 2.05) is 19.1 Å². The first-order chi connectivity index (χ1) is 12.4. The lowest BCUT2D eigenvalue weighted by molar-refractivity contribution is -0.122. The summed E-state index contributed by atoms with van der Waals surface area (Å²) in [6.07, 6.45) is 3.72. The van der Waals surface area contributed by atoms with E-state index in [9.17, 15) is 13.2 Å². The third-order valence-electron chi connectivity index (χ3n) is 5.22. The van der Waals surface area contributed by atoms with Gasteiger partial charge in [-0.3, -0.25) is 4.79 Å². The molecule has 0 aromatic heterocycles. The lowest BCUT2D eigenvalue weighted by Crippen LogP contribution is -2.48. The molecule has 0 bridgehead atoms. The van der Waals surface area contributed by atoms with Crippen LogP contribution in [0.4, 0.5) is 5.69 Å². The zero-order valence-corrected chi connectivity index (χ0v) is 15.9. The summed E-state index contributed by atoms with van der Waals surface area (Å²) in [6, 6.07) is 5.93. The van der Waals surface area contributed by atoms with Crippen molar-refractivity contribution in [3.63, 3.8) is 0 Å². The average molecular weight is 381 g/mol. The van der Waals surface area contributed by atoms with E-state index in [1.165, 1.54) is 5.56 Å². The standard InChI is InChI=1S/C18H28N4O3S/c1-12-3-2-4-13-11-16(21-17(12)13)18(23)20-14-5-7-15(8-6-14)22-26(24,25)10-9-19/h2-4,14-16,21-22H,5-11,19H2,1H3,(H,20,23)/t14-,15-,16?. The van der Waals surface area contributed by atoms with Gasteiger partial charge in [-0.1, -0.05) is 18.2 Å². The van der Waals surface area contributed by atoms with Crippen molar-refractivity contribution in [1.29, 1.82) is 0 Å². The summed E-state index contributed by atoms with van der Waals surface area (Å²) in [5.74, 6) is -0.0236. The van der Waals surface area contributed by atoms with Crippen molar-refractivity contribution in [2.75, 3.05) is 17.6 Å². The lowest BCUT2D eigenvalue weighted by atomic mass is 9.91. The number of aryl methyl sites for hydroxylation is 1. The van der Waals surface area contributed by atoms with E-state index >= 15 is 0 Å². The smallest absolute Gasteiger partial charge is 0.243 e. The van der Waals surface area contributed by atoms with Crippen LogP contribution in [-0.4, -0.2) is 44.7 Å². The van der Waals surface area contributed by atoms with Gasteiger partial charge in [-0.15, -0.1) is 0 Å². The Kier molecular flexibility index (Phi) is 5.84. The van der Waals surface area contributed by atoms with Crippen molar-refractivity contribution in [1.82, 2.24) is 10.0 Å². The number of rotatable bonds is 6. The van der Waals surface area contributed by atoms with Crippen molar-refractivity contribution in [3.05, 3.63) is 29.3 Å². The highest BCUT2D eigenvalue weighted by atomic mass is 32.2. The monoisotopic (exact) mass is 380 g/mol. The Labute approximate surface area is 155 Å². The fraction of sp³-hybridized carbons (Fsp3) is 0.611. The highest BCUT2D eigenvalue weighted by Crippen LogP contribution is 2.29. The van der Waals surface area contributed by atoms with Gasteiger partial charge < -0.3 is 16.4 Å². The van der Waals surface area contributed by atoms with Crippen LogP contribution in [0.2, 0.25) is 0 Å². The Hall–Kier alpha value is -1.64. The molecule has 26 heavy (non-hydrogen) atoms. The molecule has 3 rings (SSSR count). The first-order valence-electron chi connectivity index (χ1n) is 9.23. The number of benzene rings is 1. The minimum absolute atomic E-state index is 0.0211. The topological polar surface area (TPSA) is 113 Å². The molecule has 1 aromatic rings. The molecule has 1 aliphatic heterocycles. The van der Waals surface area contributed by atoms with Gasteiger partial charge >= 0.3 is 0 Å².